The van der Waals surface area contributed by atoms with E-state index in [1.54, 1.807) is 30.0 Å². The summed E-state index contributed by atoms with van der Waals surface area (Å²) in [7, 11) is 0. The van der Waals surface area contributed by atoms with Gasteiger partial charge in [0, 0.05) is 31.7 Å². The van der Waals surface area contributed by atoms with Crippen LogP contribution in [0, 0.1) is 5.82 Å². The molecule has 0 radical (unpaired) electrons. The highest BCUT2D eigenvalue weighted by Crippen LogP contribution is 2.25. The molecule has 30 heavy (non-hydrogen) atoms. The van der Waals surface area contributed by atoms with Gasteiger partial charge in [0.25, 0.3) is 0 Å². The first-order chi connectivity index (χ1) is 14.5. The fourth-order valence-corrected chi connectivity index (χ4v) is 3.13. The first-order valence-corrected chi connectivity index (χ1v) is 9.67. The summed E-state index contributed by atoms with van der Waals surface area (Å²) in [5.74, 6) is -0.0185. The molecule has 0 aliphatic carbocycles. The second-order valence-corrected chi connectivity index (χ2v) is 6.70. The van der Waals surface area contributed by atoms with Gasteiger partial charge in [-0.25, -0.2) is 19.2 Å². The predicted molar refractivity (Wildman–Crippen MR) is 107 cm³/mol. The van der Waals surface area contributed by atoms with Gasteiger partial charge >= 0.3 is 12.0 Å². The van der Waals surface area contributed by atoms with E-state index < -0.39 is 11.8 Å². The molecule has 1 aliphatic rings. The van der Waals surface area contributed by atoms with E-state index in [0.717, 1.165) is 0 Å². The Labute approximate surface area is 173 Å². The number of esters is 1. The van der Waals surface area contributed by atoms with Crippen LogP contribution in [-0.4, -0.2) is 65.7 Å². The number of benzene rings is 1. The minimum Gasteiger partial charge on any atom is -0.465 e. The molecule has 1 aromatic heterocycles. The summed E-state index contributed by atoms with van der Waals surface area (Å²) in [6.07, 6.45) is 1.36. The number of carbonyl (C=O) groups is 2. The second-order valence-electron chi connectivity index (χ2n) is 6.70. The van der Waals surface area contributed by atoms with E-state index in [-0.39, 0.29) is 36.9 Å². The molecule has 0 spiro atoms. The molecule has 1 aliphatic heterocycles. The fraction of sp³-hybridized carbons (Fsp3) is 0.400. The Morgan fingerprint density at radius 3 is 2.80 bits per heavy atom. The van der Waals surface area contributed by atoms with Gasteiger partial charge in [-0.15, -0.1) is 0 Å². The number of piperazine rings is 1. The van der Waals surface area contributed by atoms with Gasteiger partial charge in [-0.05, 0) is 26.0 Å². The van der Waals surface area contributed by atoms with E-state index in [2.05, 4.69) is 15.3 Å². The zero-order valence-corrected chi connectivity index (χ0v) is 16.9. The van der Waals surface area contributed by atoms with E-state index in [1.807, 2.05) is 11.8 Å². The van der Waals surface area contributed by atoms with Crippen LogP contribution in [0.3, 0.4) is 0 Å². The van der Waals surface area contributed by atoms with Gasteiger partial charge < -0.3 is 24.6 Å². The van der Waals surface area contributed by atoms with E-state index in [9.17, 15) is 14.0 Å². The molecule has 2 aromatic rings. The third kappa shape index (κ3) is 5.34. The van der Waals surface area contributed by atoms with Gasteiger partial charge in [0.2, 0.25) is 5.88 Å². The van der Waals surface area contributed by atoms with Crippen molar-refractivity contribution in [1.82, 2.24) is 20.2 Å². The number of ether oxygens (including phenoxy) is 2. The van der Waals surface area contributed by atoms with E-state index >= 15 is 0 Å². The summed E-state index contributed by atoms with van der Waals surface area (Å²) >= 11 is 0. The average Bonchev–Trinajstić information content (AvgIpc) is 2.74. The quantitative estimate of drug-likeness (QED) is 0.720. The Morgan fingerprint density at radius 2 is 2.07 bits per heavy atom. The molecule has 2 amide bonds. The first-order valence-electron chi connectivity index (χ1n) is 9.67. The highest BCUT2D eigenvalue weighted by atomic mass is 19.1. The number of amides is 2. The van der Waals surface area contributed by atoms with Crippen molar-refractivity contribution in [2.75, 3.05) is 37.7 Å². The van der Waals surface area contributed by atoms with E-state index in [4.69, 9.17) is 9.47 Å². The van der Waals surface area contributed by atoms with E-state index in [0.29, 0.717) is 25.5 Å². The summed E-state index contributed by atoms with van der Waals surface area (Å²) in [6, 6.07) is 7.29. The van der Waals surface area contributed by atoms with Crippen molar-refractivity contribution in [3.63, 3.8) is 0 Å². The highest BCUT2D eigenvalue weighted by Gasteiger charge is 2.28. The first kappa shape index (κ1) is 21.3. The molecule has 0 bridgehead atoms. The topological polar surface area (TPSA) is 96.9 Å². The molecule has 0 saturated carbocycles. The van der Waals surface area contributed by atoms with Gasteiger partial charge in [-0.3, -0.25) is 4.79 Å². The van der Waals surface area contributed by atoms with Crippen molar-refractivity contribution in [3.05, 3.63) is 42.5 Å². The molecule has 1 fully saturated rings. The van der Waals surface area contributed by atoms with Gasteiger partial charge in [-0.2, -0.15) is 0 Å². The smallest absolute Gasteiger partial charge is 0.325 e. The van der Waals surface area contributed by atoms with Crippen LogP contribution in [0.2, 0.25) is 0 Å². The van der Waals surface area contributed by atoms with Crippen LogP contribution in [0.4, 0.5) is 15.0 Å². The molecule has 1 aromatic carbocycles. The van der Waals surface area contributed by atoms with Crippen molar-refractivity contribution < 1.29 is 23.5 Å². The number of nitrogens with zero attached hydrogens (tertiary/aromatic N) is 4. The number of hydrogen-bond acceptors (Lipinski definition) is 7. The Morgan fingerprint density at radius 1 is 1.27 bits per heavy atom. The second kappa shape index (κ2) is 9.86. The van der Waals surface area contributed by atoms with Crippen molar-refractivity contribution in [2.45, 2.75) is 19.9 Å². The van der Waals surface area contributed by atoms with Gasteiger partial charge in [-0.1, -0.05) is 12.1 Å². The summed E-state index contributed by atoms with van der Waals surface area (Å²) in [5, 5.41) is 2.58. The lowest BCUT2D eigenvalue weighted by Gasteiger charge is -2.40. The van der Waals surface area contributed by atoms with Crippen molar-refractivity contribution in [2.24, 2.45) is 0 Å². The number of aromatic nitrogens is 2. The zero-order chi connectivity index (χ0) is 21.5. The average molecular weight is 417 g/mol. The molecule has 10 heteroatoms. The maximum atomic E-state index is 13.8. The van der Waals surface area contributed by atoms with Crippen LogP contribution in [0.25, 0.3) is 0 Å². The normalized spacial score (nSPS) is 16.2. The Hall–Kier alpha value is -3.43. The number of nitrogens with one attached hydrogen (secondary N) is 1. The van der Waals surface area contributed by atoms with Crippen molar-refractivity contribution in [3.8, 4) is 11.6 Å². The lowest BCUT2D eigenvalue weighted by Crippen LogP contribution is -2.57. The molecule has 1 saturated heterocycles. The Kier molecular flexibility index (Phi) is 6.99. The molecule has 1 unspecified atom stereocenters. The Bertz CT molecular complexity index is 897. The van der Waals surface area contributed by atoms with Crippen LogP contribution in [0.1, 0.15) is 13.8 Å². The number of rotatable bonds is 6. The summed E-state index contributed by atoms with van der Waals surface area (Å²) < 4.78 is 24.1. The van der Waals surface area contributed by atoms with E-state index in [1.165, 1.54) is 18.5 Å². The number of urea groups is 1. The van der Waals surface area contributed by atoms with Crippen LogP contribution in [-0.2, 0) is 9.53 Å². The zero-order valence-electron chi connectivity index (χ0n) is 16.9. The molecule has 2 heterocycles. The highest BCUT2D eigenvalue weighted by molar-refractivity contribution is 5.81. The largest absolute Gasteiger partial charge is 0.465 e. The van der Waals surface area contributed by atoms with Crippen LogP contribution >= 0.6 is 0 Å². The van der Waals surface area contributed by atoms with Crippen LogP contribution in [0.15, 0.2) is 36.7 Å². The number of halogens is 1. The summed E-state index contributed by atoms with van der Waals surface area (Å²) in [4.78, 5) is 35.7. The third-order valence-corrected chi connectivity index (χ3v) is 4.58. The number of carbonyl (C=O) groups excluding carboxylic acids is 2. The molecular weight excluding hydrogens is 393 g/mol. The number of para-hydroxylation sites is 1. The number of anilines is 1. The molecule has 9 nitrogen and oxygen atoms in total. The predicted octanol–water partition coefficient (Wildman–Crippen LogP) is 2.19. The molecule has 3 rings (SSSR count). The maximum absolute atomic E-state index is 13.8. The molecule has 160 valence electrons. The van der Waals surface area contributed by atoms with Crippen LogP contribution < -0.4 is 15.0 Å². The maximum Gasteiger partial charge on any atom is 0.325 e. The Balaban J connectivity index is 1.59. The fourth-order valence-electron chi connectivity index (χ4n) is 3.13. The van der Waals surface area contributed by atoms with Crippen molar-refractivity contribution in [1.29, 1.82) is 0 Å². The van der Waals surface area contributed by atoms with Gasteiger partial charge in [0.05, 0.1) is 6.61 Å². The van der Waals surface area contributed by atoms with Crippen LogP contribution in [0.5, 0.6) is 11.6 Å². The minimum absolute atomic E-state index is 0.0820. The summed E-state index contributed by atoms with van der Waals surface area (Å²) in [5.41, 5.74) is 0. The SMILES string of the molecule is CCOC(=O)CNC(=O)N1CCN(c2cc(Oc3ccccc3F)ncn2)CC1C. The molecular formula is C20H24FN5O4. The van der Waals surface area contributed by atoms with Gasteiger partial charge in [0.1, 0.15) is 18.7 Å². The minimum atomic E-state index is -0.478. The lowest BCUT2D eigenvalue weighted by atomic mass is 10.2. The van der Waals surface area contributed by atoms with Gasteiger partial charge in [0.15, 0.2) is 11.6 Å². The lowest BCUT2D eigenvalue weighted by molar-refractivity contribution is -0.141. The third-order valence-electron chi connectivity index (χ3n) is 4.58. The standard InChI is InChI=1S/C20H24FN5O4/c1-3-29-19(27)11-22-20(28)26-9-8-25(12-14(26)2)17-10-18(24-13-23-17)30-16-7-5-4-6-15(16)21/h4-7,10,13-14H,3,8-9,11-12H2,1-2H3,(H,22,28). The molecule has 1 atom stereocenters. The summed E-state index contributed by atoms with van der Waals surface area (Å²) in [6.45, 7) is 5.24. The monoisotopic (exact) mass is 417 g/mol. The van der Waals surface area contributed by atoms with Crippen molar-refractivity contribution >= 4 is 17.8 Å². The number of hydrogen-bond donors (Lipinski definition) is 1. The molecule has 1 N–H and O–H groups in total.